The molecular weight excluding hydrogens is 212 g/mol. The second-order valence-corrected chi connectivity index (χ2v) is 4.57. The van der Waals surface area contributed by atoms with Crippen LogP contribution in [0.25, 0.3) is 0 Å². The molecule has 1 saturated heterocycles. The number of carbonyl (C=O) groups is 1. The van der Waals surface area contributed by atoms with Gasteiger partial charge < -0.3 is 4.90 Å². The Kier molecular flexibility index (Phi) is 3.14. The Labute approximate surface area is 102 Å². The average Bonchev–Trinajstić information content (AvgIpc) is 2.40. The zero-order valence-electron chi connectivity index (χ0n) is 10.0. The highest BCUT2D eigenvalue weighted by molar-refractivity contribution is 5.73. The molecule has 1 fully saturated rings. The molecule has 0 aliphatic carbocycles. The van der Waals surface area contributed by atoms with Gasteiger partial charge in [0.1, 0.15) is 0 Å². The van der Waals surface area contributed by atoms with Crippen LogP contribution in [0.4, 0.5) is 0 Å². The maximum Gasteiger partial charge on any atom is 0.219 e. The van der Waals surface area contributed by atoms with Gasteiger partial charge in [0.2, 0.25) is 5.91 Å². The molecule has 1 amide bonds. The summed E-state index contributed by atoms with van der Waals surface area (Å²) in [4.78, 5) is 13.1. The molecule has 88 valence electrons. The summed E-state index contributed by atoms with van der Waals surface area (Å²) in [6.07, 6.45) is 1.46. The summed E-state index contributed by atoms with van der Waals surface area (Å²) in [5.41, 5.74) is 0.665. The van der Waals surface area contributed by atoms with Crippen molar-refractivity contribution in [3.05, 3.63) is 35.9 Å². The van der Waals surface area contributed by atoms with E-state index >= 15 is 0 Å². The topological polar surface area (TPSA) is 44.1 Å². The second kappa shape index (κ2) is 4.58. The highest BCUT2D eigenvalue weighted by atomic mass is 16.2. The van der Waals surface area contributed by atoms with Crippen LogP contribution in [0.1, 0.15) is 25.3 Å². The molecular formula is C14H16N2O. The van der Waals surface area contributed by atoms with Crippen LogP contribution in [0, 0.1) is 11.3 Å². The number of amides is 1. The van der Waals surface area contributed by atoms with Crippen LogP contribution >= 0.6 is 0 Å². The van der Waals surface area contributed by atoms with Crippen molar-refractivity contribution in [1.29, 1.82) is 5.26 Å². The lowest BCUT2D eigenvalue weighted by Crippen LogP contribution is -2.43. The predicted molar refractivity (Wildman–Crippen MR) is 65.2 cm³/mol. The van der Waals surface area contributed by atoms with Gasteiger partial charge in [-0.3, -0.25) is 4.79 Å². The largest absolute Gasteiger partial charge is 0.343 e. The molecule has 2 rings (SSSR count). The Hall–Kier alpha value is -1.82. The van der Waals surface area contributed by atoms with E-state index in [4.69, 9.17) is 0 Å². The molecule has 0 spiro atoms. The molecule has 0 unspecified atom stereocenters. The van der Waals surface area contributed by atoms with Crippen LogP contribution in [0.5, 0.6) is 0 Å². The zero-order valence-corrected chi connectivity index (χ0v) is 10.0. The molecule has 0 radical (unpaired) electrons. The van der Waals surface area contributed by atoms with E-state index in [1.165, 1.54) is 0 Å². The lowest BCUT2D eigenvalue weighted by atomic mass is 9.74. The molecule has 3 nitrogen and oxygen atoms in total. The molecule has 0 saturated carbocycles. The summed E-state index contributed by atoms with van der Waals surface area (Å²) in [7, 11) is 0. The van der Waals surface area contributed by atoms with E-state index in [1.54, 1.807) is 6.92 Å². The lowest BCUT2D eigenvalue weighted by Gasteiger charge is -2.37. The average molecular weight is 228 g/mol. The molecule has 0 N–H and O–H groups in total. The molecule has 1 heterocycles. The molecule has 1 aliphatic rings. The minimum Gasteiger partial charge on any atom is -0.343 e. The molecule has 0 aromatic heterocycles. The Bertz CT molecular complexity index is 439. The molecule has 1 aliphatic heterocycles. The molecule has 1 aromatic rings. The van der Waals surface area contributed by atoms with Gasteiger partial charge in [0.05, 0.1) is 11.5 Å². The van der Waals surface area contributed by atoms with E-state index in [0.29, 0.717) is 13.1 Å². The van der Waals surface area contributed by atoms with Gasteiger partial charge in [0.15, 0.2) is 0 Å². The first-order valence-electron chi connectivity index (χ1n) is 5.90. The number of carbonyl (C=O) groups excluding carboxylic acids is 1. The number of piperidine rings is 1. The number of nitriles is 1. The van der Waals surface area contributed by atoms with Gasteiger partial charge >= 0.3 is 0 Å². The summed E-state index contributed by atoms with van der Waals surface area (Å²) in [6, 6.07) is 12.4. The first-order valence-corrected chi connectivity index (χ1v) is 5.90. The summed E-state index contributed by atoms with van der Waals surface area (Å²) < 4.78 is 0. The maximum atomic E-state index is 11.3. The van der Waals surface area contributed by atoms with E-state index in [9.17, 15) is 10.1 Å². The maximum absolute atomic E-state index is 11.3. The normalized spacial score (nSPS) is 18.5. The number of rotatable bonds is 1. The van der Waals surface area contributed by atoms with Crippen LogP contribution in [-0.2, 0) is 10.2 Å². The molecule has 1 aromatic carbocycles. The minimum absolute atomic E-state index is 0.101. The fourth-order valence-electron chi connectivity index (χ4n) is 2.43. The number of likely N-dealkylation sites (tertiary alicyclic amines) is 1. The van der Waals surface area contributed by atoms with Gasteiger partial charge in [0.25, 0.3) is 0 Å². The van der Waals surface area contributed by atoms with Crippen molar-refractivity contribution in [2.75, 3.05) is 13.1 Å². The van der Waals surface area contributed by atoms with Crippen molar-refractivity contribution in [3.8, 4) is 6.07 Å². The molecule has 17 heavy (non-hydrogen) atoms. The number of benzene rings is 1. The van der Waals surface area contributed by atoms with Crippen LogP contribution in [0.2, 0.25) is 0 Å². The second-order valence-electron chi connectivity index (χ2n) is 4.57. The van der Waals surface area contributed by atoms with Crippen molar-refractivity contribution in [2.24, 2.45) is 0 Å². The summed E-state index contributed by atoms with van der Waals surface area (Å²) in [5, 5.41) is 9.47. The number of hydrogen-bond acceptors (Lipinski definition) is 2. The Balaban J connectivity index is 2.20. The predicted octanol–water partition coefficient (Wildman–Crippen LogP) is 2.09. The number of hydrogen-bond donors (Lipinski definition) is 0. The van der Waals surface area contributed by atoms with Crippen LogP contribution in [0.15, 0.2) is 30.3 Å². The van der Waals surface area contributed by atoms with Crippen molar-refractivity contribution in [1.82, 2.24) is 4.90 Å². The highest BCUT2D eigenvalue weighted by Crippen LogP contribution is 2.34. The molecule has 0 bridgehead atoms. The van der Waals surface area contributed by atoms with Gasteiger partial charge in [-0.1, -0.05) is 30.3 Å². The van der Waals surface area contributed by atoms with E-state index in [-0.39, 0.29) is 5.91 Å². The third kappa shape index (κ3) is 2.16. The lowest BCUT2D eigenvalue weighted by molar-refractivity contribution is -0.130. The quantitative estimate of drug-likeness (QED) is 0.738. The molecule has 0 atom stereocenters. The fourth-order valence-corrected chi connectivity index (χ4v) is 2.43. The standard InChI is InChI=1S/C14H16N2O/c1-12(17)16-9-7-14(11-15,8-10-16)13-5-3-2-4-6-13/h2-6H,7-10H2,1H3. The van der Waals surface area contributed by atoms with E-state index in [0.717, 1.165) is 18.4 Å². The van der Waals surface area contributed by atoms with Crippen LogP contribution < -0.4 is 0 Å². The van der Waals surface area contributed by atoms with Crippen molar-refractivity contribution in [3.63, 3.8) is 0 Å². The van der Waals surface area contributed by atoms with E-state index in [2.05, 4.69) is 6.07 Å². The Morgan fingerprint density at radius 3 is 2.35 bits per heavy atom. The summed E-state index contributed by atoms with van der Waals surface area (Å²) in [6.45, 7) is 2.94. The van der Waals surface area contributed by atoms with E-state index in [1.807, 2.05) is 35.2 Å². The van der Waals surface area contributed by atoms with Crippen molar-refractivity contribution < 1.29 is 4.79 Å². The van der Waals surface area contributed by atoms with Crippen LogP contribution in [-0.4, -0.2) is 23.9 Å². The fraction of sp³-hybridized carbons (Fsp3) is 0.429. The smallest absolute Gasteiger partial charge is 0.219 e. The monoisotopic (exact) mass is 228 g/mol. The minimum atomic E-state index is -0.410. The summed E-state index contributed by atoms with van der Waals surface area (Å²) >= 11 is 0. The molecule has 3 heteroatoms. The van der Waals surface area contributed by atoms with Gasteiger partial charge in [0, 0.05) is 20.0 Å². The third-order valence-corrected chi connectivity index (χ3v) is 3.60. The van der Waals surface area contributed by atoms with Gasteiger partial charge in [-0.25, -0.2) is 0 Å². The first-order chi connectivity index (χ1) is 8.18. The van der Waals surface area contributed by atoms with Crippen LogP contribution in [0.3, 0.4) is 0 Å². The Morgan fingerprint density at radius 1 is 1.29 bits per heavy atom. The number of nitrogens with zero attached hydrogens (tertiary/aromatic N) is 2. The Morgan fingerprint density at radius 2 is 1.88 bits per heavy atom. The van der Waals surface area contributed by atoms with Gasteiger partial charge in [-0.2, -0.15) is 5.26 Å². The highest BCUT2D eigenvalue weighted by Gasteiger charge is 2.36. The first kappa shape index (κ1) is 11.7. The zero-order chi connectivity index (χ0) is 12.3. The van der Waals surface area contributed by atoms with Gasteiger partial charge in [-0.05, 0) is 18.4 Å². The van der Waals surface area contributed by atoms with Gasteiger partial charge in [-0.15, -0.1) is 0 Å². The van der Waals surface area contributed by atoms with Crippen molar-refractivity contribution in [2.45, 2.75) is 25.2 Å². The third-order valence-electron chi connectivity index (χ3n) is 3.60. The summed E-state index contributed by atoms with van der Waals surface area (Å²) in [5.74, 6) is 0.101. The van der Waals surface area contributed by atoms with E-state index < -0.39 is 5.41 Å². The SMILES string of the molecule is CC(=O)N1CCC(C#N)(c2ccccc2)CC1. The van der Waals surface area contributed by atoms with Crippen molar-refractivity contribution >= 4 is 5.91 Å².